The zero-order valence-electron chi connectivity index (χ0n) is 12.4. The molecule has 0 bridgehead atoms. The Hall–Kier alpha value is -1.30. The molecular weight excluding hydrogens is 276 g/mol. The number of nitrogens with zero attached hydrogens (tertiary/aromatic N) is 1. The number of thiol groups is 1. The second-order valence-electron chi connectivity index (χ2n) is 4.31. The highest BCUT2D eigenvalue weighted by Gasteiger charge is 2.31. The number of nitrogens with one attached hydrogen (secondary N) is 1. The van der Waals surface area contributed by atoms with Crippen LogP contribution >= 0.6 is 12.6 Å². The number of carbonyl (C=O) groups is 3. The fraction of sp³-hybridized carbons (Fsp3) is 0.643. The highest BCUT2D eigenvalue weighted by atomic mass is 32.1. The molecular formula is C14H24N2O3S. The summed E-state index contributed by atoms with van der Waals surface area (Å²) in [4.78, 5) is 35.2. The van der Waals surface area contributed by atoms with Crippen molar-refractivity contribution in [2.24, 2.45) is 0 Å². The van der Waals surface area contributed by atoms with Gasteiger partial charge in [-0.3, -0.25) is 14.4 Å². The fourth-order valence-electron chi connectivity index (χ4n) is 1.68. The molecule has 1 heterocycles. The Kier molecular flexibility index (Phi) is 8.96. The number of amides is 2. The van der Waals surface area contributed by atoms with Gasteiger partial charge >= 0.3 is 0 Å². The molecule has 0 aliphatic carbocycles. The molecule has 0 spiro atoms. The second-order valence-corrected chi connectivity index (χ2v) is 4.93. The summed E-state index contributed by atoms with van der Waals surface area (Å²) in [5.41, 5.74) is 0.653. The maximum atomic E-state index is 11.6. The minimum Gasteiger partial charge on any atom is -0.356 e. The molecule has 0 saturated carbocycles. The van der Waals surface area contributed by atoms with Crippen molar-refractivity contribution in [1.29, 1.82) is 0 Å². The Morgan fingerprint density at radius 1 is 1.40 bits per heavy atom. The molecule has 114 valence electrons. The van der Waals surface area contributed by atoms with Crippen molar-refractivity contribution in [2.75, 3.05) is 13.1 Å². The predicted octanol–water partition coefficient (Wildman–Crippen LogP) is 1.54. The summed E-state index contributed by atoms with van der Waals surface area (Å²) in [6, 6.07) is 0. The van der Waals surface area contributed by atoms with E-state index in [1.165, 1.54) is 11.8 Å². The molecule has 1 aliphatic rings. The Morgan fingerprint density at radius 3 is 2.45 bits per heavy atom. The topological polar surface area (TPSA) is 66.5 Å². The van der Waals surface area contributed by atoms with E-state index >= 15 is 0 Å². The molecule has 0 aromatic rings. The summed E-state index contributed by atoms with van der Waals surface area (Å²) in [6.07, 6.45) is 0.886. The molecule has 1 fully saturated rings. The quantitative estimate of drug-likeness (QED) is 0.731. The second kappa shape index (κ2) is 9.58. The van der Waals surface area contributed by atoms with E-state index in [4.69, 9.17) is 0 Å². The van der Waals surface area contributed by atoms with Gasteiger partial charge in [0.05, 0.1) is 5.25 Å². The van der Waals surface area contributed by atoms with Gasteiger partial charge in [-0.2, -0.15) is 12.6 Å². The van der Waals surface area contributed by atoms with Crippen LogP contribution in [-0.2, 0) is 14.4 Å². The third kappa shape index (κ3) is 6.23. The van der Waals surface area contributed by atoms with E-state index in [1.54, 1.807) is 0 Å². The van der Waals surface area contributed by atoms with Crippen LogP contribution < -0.4 is 5.32 Å². The first-order valence-electron chi connectivity index (χ1n) is 6.85. The number of likely N-dealkylation sites (tertiary alicyclic amines) is 1. The first kappa shape index (κ1) is 18.7. The van der Waals surface area contributed by atoms with Crippen molar-refractivity contribution < 1.29 is 14.4 Å². The molecule has 6 heteroatoms. The van der Waals surface area contributed by atoms with Crippen molar-refractivity contribution in [3.8, 4) is 0 Å². The molecule has 1 aliphatic heterocycles. The fourth-order valence-corrected chi connectivity index (χ4v) is 1.98. The first-order valence-corrected chi connectivity index (χ1v) is 7.37. The SMILES string of the molecule is C=C1C(S)CC(=O)N1CCC(=O)NCCC(C)=O.CC. The van der Waals surface area contributed by atoms with Crippen LogP contribution in [0.15, 0.2) is 12.3 Å². The normalized spacial score (nSPS) is 17.6. The van der Waals surface area contributed by atoms with E-state index in [2.05, 4.69) is 24.5 Å². The van der Waals surface area contributed by atoms with Gasteiger partial charge in [0.2, 0.25) is 11.8 Å². The summed E-state index contributed by atoms with van der Waals surface area (Å²) >= 11 is 4.23. The van der Waals surface area contributed by atoms with E-state index in [-0.39, 0.29) is 29.3 Å². The molecule has 1 rings (SSSR count). The Morgan fingerprint density at radius 2 is 2.00 bits per heavy atom. The number of hydrogen-bond donors (Lipinski definition) is 2. The van der Waals surface area contributed by atoms with Crippen molar-refractivity contribution in [1.82, 2.24) is 10.2 Å². The number of rotatable bonds is 6. The summed E-state index contributed by atoms with van der Waals surface area (Å²) in [5, 5.41) is 2.49. The van der Waals surface area contributed by atoms with Crippen LogP contribution in [0.4, 0.5) is 0 Å². The Labute approximate surface area is 126 Å². The number of ketones is 1. The van der Waals surface area contributed by atoms with Crippen LogP contribution in [0.3, 0.4) is 0 Å². The molecule has 1 saturated heterocycles. The average Bonchev–Trinajstić information content (AvgIpc) is 2.63. The van der Waals surface area contributed by atoms with Crippen LogP contribution in [0.5, 0.6) is 0 Å². The van der Waals surface area contributed by atoms with Gasteiger partial charge in [0.25, 0.3) is 0 Å². The Balaban J connectivity index is 0.00000172. The summed E-state index contributed by atoms with van der Waals surface area (Å²) < 4.78 is 0. The molecule has 1 unspecified atom stereocenters. The monoisotopic (exact) mass is 300 g/mol. The number of Topliss-reactive ketones (excluding diaryl/α,β-unsaturated/α-hetero) is 1. The van der Waals surface area contributed by atoms with Crippen molar-refractivity contribution in [3.05, 3.63) is 12.3 Å². The minimum absolute atomic E-state index is 0.0383. The predicted molar refractivity (Wildman–Crippen MR) is 82.5 cm³/mol. The van der Waals surface area contributed by atoms with Gasteiger partial charge in [-0.05, 0) is 6.92 Å². The highest BCUT2D eigenvalue weighted by molar-refractivity contribution is 7.81. The lowest BCUT2D eigenvalue weighted by Gasteiger charge is -2.17. The first-order chi connectivity index (χ1) is 9.41. The average molecular weight is 300 g/mol. The smallest absolute Gasteiger partial charge is 0.228 e. The molecule has 20 heavy (non-hydrogen) atoms. The van der Waals surface area contributed by atoms with Crippen LogP contribution in [0.1, 0.15) is 40.0 Å². The van der Waals surface area contributed by atoms with Gasteiger partial charge in [0.15, 0.2) is 0 Å². The van der Waals surface area contributed by atoms with E-state index < -0.39 is 0 Å². The van der Waals surface area contributed by atoms with Gasteiger partial charge < -0.3 is 10.2 Å². The standard InChI is InChI=1S/C12H18N2O3S.C2H6/c1-8(15)3-5-13-11(16)4-6-14-9(2)10(18)7-12(14)17;1-2/h10,18H,2-7H2,1H3,(H,13,16);1-2H3. The summed E-state index contributed by atoms with van der Waals surface area (Å²) in [6.45, 7) is 9.93. The van der Waals surface area contributed by atoms with Gasteiger partial charge in [0.1, 0.15) is 5.78 Å². The van der Waals surface area contributed by atoms with Gasteiger partial charge in [0, 0.05) is 38.0 Å². The van der Waals surface area contributed by atoms with Crippen molar-refractivity contribution in [2.45, 2.75) is 45.3 Å². The third-order valence-electron chi connectivity index (χ3n) is 2.76. The van der Waals surface area contributed by atoms with Crippen LogP contribution in [0.25, 0.3) is 0 Å². The number of carbonyl (C=O) groups excluding carboxylic acids is 3. The molecule has 0 aromatic carbocycles. The molecule has 0 aromatic heterocycles. The lowest BCUT2D eigenvalue weighted by molar-refractivity contribution is -0.127. The van der Waals surface area contributed by atoms with Gasteiger partial charge in [-0.25, -0.2) is 0 Å². The third-order valence-corrected chi connectivity index (χ3v) is 3.24. The summed E-state index contributed by atoms with van der Waals surface area (Å²) in [7, 11) is 0. The van der Waals surface area contributed by atoms with E-state index in [0.29, 0.717) is 31.6 Å². The van der Waals surface area contributed by atoms with Gasteiger partial charge in [-0.15, -0.1) is 0 Å². The maximum Gasteiger partial charge on any atom is 0.228 e. The van der Waals surface area contributed by atoms with Crippen molar-refractivity contribution >= 4 is 30.2 Å². The van der Waals surface area contributed by atoms with E-state index in [1.807, 2.05) is 13.8 Å². The minimum atomic E-state index is -0.167. The summed E-state index contributed by atoms with van der Waals surface area (Å²) in [5.74, 6) is -0.174. The maximum absolute atomic E-state index is 11.6. The van der Waals surface area contributed by atoms with Crippen LogP contribution in [0.2, 0.25) is 0 Å². The largest absolute Gasteiger partial charge is 0.356 e. The number of hydrogen-bond acceptors (Lipinski definition) is 4. The van der Waals surface area contributed by atoms with E-state index in [0.717, 1.165) is 0 Å². The molecule has 1 N–H and O–H groups in total. The van der Waals surface area contributed by atoms with E-state index in [9.17, 15) is 14.4 Å². The molecule has 0 radical (unpaired) electrons. The zero-order chi connectivity index (χ0) is 15.7. The molecule has 5 nitrogen and oxygen atoms in total. The van der Waals surface area contributed by atoms with Crippen LogP contribution in [-0.4, -0.2) is 40.8 Å². The lowest BCUT2D eigenvalue weighted by Crippen LogP contribution is -2.31. The van der Waals surface area contributed by atoms with Crippen molar-refractivity contribution in [3.63, 3.8) is 0 Å². The van der Waals surface area contributed by atoms with Gasteiger partial charge in [-0.1, -0.05) is 20.4 Å². The molecule has 2 amide bonds. The zero-order valence-corrected chi connectivity index (χ0v) is 13.3. The Bertz CT molecular complexity index is 383. The van der Waals surface area contributed by atoms with Crippen LogP contribution in [0, 0.1) is 0 Å². The lowest BCUT2D eigenvalue weighted by atomic mass is 10.3. The highest BCUT2D eigenvalue weighted by Crippen LogP contribution is 2.25. The molecule has 1 atom stereocenters.